The number of nitro groups is 1. The molecule has 0 N–H and O–H groups in total. The Kier molecular flexibility index (Phi) is 4.91. The molecule has 0 aliphatic rings. The predicted octanol–water partition coefficient (Wildman–Crippen LogP) is 2.25. The quantitative estimate of drug-likeness (QED) is 0.467. The summed E-state index contributed by atoms with van der Waals surface area (Å²) < 4.78 is 4.78. The Morgan fingerprint density at radius 2 is 2.22 bits per heavy atom. The van der Waals surface area contributed by atoms with Crippen LogP contribution in [0.15, 0.2) is 18.2 Å². The molecule has 1 aromatic carbocycles. The highest BCUT2D eigenvalue weighted by molar-refractivity contribution is 6.30. The third kappa shape index (κ3) is 3.59. The first-order valence-corrected chi connectivity index (χ1v) is 5.64. The summed E-state index contributed by atoms with van der Waals surface area (Å²) in [6, 6.07) is 4.28. The molecule has 0 radical (unpaired) electrons. The van der Waals surface area contributed by atoms with Crippen molar-refractivity contribution >= 4 is 28.9 Å². The van der Waals surface area contributed by atoms with Gasteiger partial charge in [0, 0.05) is 18.1 Å². The molecule has 0 saturated heterocycles. The van der Waals surface area contributed by atoms with Gasteiger partial charge in [0.05, 0.1) is 11.5 Å². The number of anilines is 1. The molecule has 0 atom stereocenters. The van der Waals surface area contributed by atoms with E-state index in [0.29, 0.717) is 5.69 Å². The molecule has 0 saturated carbocycles. The van der Waals surface area contributed by atoms with Crippen LogP contribution in [-0.4, -0.2) is 31.1 Å². The smallest absolute Gasteiger partial charge is 0.325 e. The van der Waals surface area contributed by atoms with Crippen molar-refractivity contribution in [2.75, 3.05) is 25.1 Å². The van der Waals surface area contributed by atoms with Crippen molar-refractivity contribution in [2.45, 2.75) is 6.92 Å². The molecule has 0 aliphatic carbocycles. The van der Waals surface area contributed by atoms with Gasteiger partial charge in [0.25, 0.3) is 5.69 Å². The molecule has 1 aromatic rings. The highest BCUT2D eigenvalue weighted by Gasteiger charge is 2.19. The second kappa shape index (κ2) is 6.20. The average Bonchev–Trinajstić information content (AvgIpc) is 2.28. The van der Waals surface area contributed by atoms with Crippen LogP contribution in [0.3, 0.4) is 0 Å². The minimum absolute atomic E-state index is 0.0592. The number of halogens is 1. The normalized spacial score (nSPS) is 9.94. The van der Waals surface area contributed by atoms with E-state index in [1.165, 1.54) is 23.1 Å². The minimum Gasteiger partial charge on any atom is -0.465 e. The average molecular weight is 273 g/mol. The van der Waals surface area contributed by atoms with Crippen molar-refractivity contribution in [1.82, 2.24) is 0 Å². The van der Waals surface area contributed by atoms with Gasteiger partial charge >= 0.3 is 5.97 Å². The molecular formula is C11H13ClN2O4. The van der Waals surface area contributed by atoms with Gasteiger partial charge < -0.3 is 9.64 Å². The lowest BCUT2D eigenvalue weighted by molar-refractivity contribution is -0.384. The number of benzene rings is 1. The van der Waals surface area contributed by atoms with Crippen molar-refractivity contribution in [2.24, 2.45) is 0 Å². The summed E-state index contributed by atoms with van der Waals surface area (Å²) >= 11 is 5.71. The van der Waals surface area contributed by atoms with Gasteiger partial charge in [0.15, 0.2) is 0 Å². The third-order valence-electron chi connectivity index (χ3n) is 2.22. The first-order valence-electron chi connectivity index (χ1n) is 5.26. The number of ether oxygens (including phenoxy) is 1. The molecule has 0 amide bonds. The highest BCUT2D eigenvalue weighted by Crippen LogP contribution is 2.30. The van der Waals surface area contributed by atoms with Crippen molar-refractivity contribution in [3.63, 3.8) is 0 Å². The molecule has 0 fully saturated rings. The highest BCUT2D eigenvalue weighted by atomic mass is 35.5. The van der Waals surface area contributed by atoms with Crippen molar-refractivity contribution < 1.29 is 14.5 Å². The van der Waals surface area contributed by atoms with E-state index in [4.69, 9.17) is 16.3 Å². The molecule has 0 aromatic heterocycles. The van der Waals surface area contributed by atoms with E-state index < -0.39 is 10.9 Å². The number of esters is 1. The number of carbonyl (C=O) groups excluding carboxylic acids is 1. The Morgan fingerprint density at radius 1 is 1.56 bits per heavy atom. The monoisotopic (exact) mass is 272 g/mol. The van der Waals surface area contributed by atoms with Crippen molar-refractivity contribution in [1.29, 1.82) is 0 Å². The van der Waals surface area contributed by atoms with Crippen LogP contribution in [0.1, 0.15) is 6.92 Å². The standard InChI is InChI=1S/C11H13ClN2O4/c1-3-18-11(15)7-13(2)9-5-4-8(12)6-10(9)14(16)17/h4-6H,3,7H2,1-2H3. The summed E-state index contributed by atoms with van der Waals surface area (Å²) in [5.74, 6) is -0.441. The summed E-state index contributed by atoms with van der Waals surface area (Å²) in [5.41, 5.74) is 0.173. The molecule has 18 heavy (non-hydrogen) atoms. The lowest BCUT2D eigenvalue weighted by Gasteiger charge is -2.17. The Labute approximate surface area is 109 Å². The van der Waals surface area contributed by atoms with E-state index in [0.717, 1.165) is 0 Å². The molecule has 98 valence electrons. The van der Waals surface area contributed by atoms with Crippen LogP contribution in [0.5, 0.6) is 0 Å². The van der Waals surface area contributed by atoms with Crippen LogP contribution in [0.2, 0.25) is 5.02 Å². The Balaban J connectivity index is 2.94. The van der Waals surface area contributed by atoms with Gasteiger partial charge in [-0.15, -0.1) is 0 Å². The SMILES string of the molecule is CCOC(=O)CN(C)c1ccc(Cl)cc1[N+](=O)[O-]. The molecule has 0 heterocycles. The van der Waals surface area contributed by atoms with E-state index in [1.807, 2.05) is 0 Å². The summed E-state index contributed by atoms with van der Waals surface area (Å²) in [5, 5.41) is 11.2. The van der Waals surface area contributed by atoms with Crippen LogP contribution in [0, 0.1) is 10.1 Å². The number of nitro benzene ring substituents is 1. The molecule has 1 rings (SSSR count). The maximum absolute atomic E-state index is 11.3. The van der Waals surface area contributed by atoms with Crippen LogP contribution in [-0.2, 0) is 9.53 Å². The van der Waals surface area contributed by atoms with Crippen molar-refractivity contribution in [3.05, 3.63) is 33.3 Å². The van der Waals surface area contributed by atoms with Crippen LogP contribution < -0.4 is 4.90 Å². The topological polar surface area (TPSA) is 72.7 Å². The van der Waals surface area contributed by atoms with E-state index in [1.54, 1.807) is 14.0 Å². The molecule has 7 heteroatoms. The Hall–Kier alpha value is -1.82. The number of rotatable bonds is 5. The zero-order chi connectivity index (χ0) is 13.7. The van der Waals surface area contributed by atoms with E-state index in [2.05, 4.69) is 0 Å². The number of carbonyl (C=O) groups is 1. The first-order chi connectivity index (χ1) is 8.45. The number of nitrogens with zero attached hydrogens (tertiary/aromatic N) is 2. The van der Waals surface area contributed by atoms with Gasteiger partial charge in [-0.05, 0) is 19.1 Å². The van der Waals surface area contributed by atoms with Crippen LogP contribution >= 0.6 is 11.6 Å². The first kappa shape index (κ1) is 14.2. The van der Waals surface area contributed by atoms with E-state index in [-0.39, 0.29) is 23.9 Å². The number of likely N-dealkylation sites (N-methyl/N-ethyl adjacent to an activating group) is 1. The van der Waals surface area contributed by atoms with Gasteiger partial charge in [0.1, 0.15) is 12.2 Å². The summed E-state index contributed by atoms with van der Waals surface area (Å²) in [4.78, 5) is 23.1. The maximum Gasteiger partial charge on any atom is 0.325 e. The largest absolute Gasteiger partial charge is 0.465 e. The minimum atomic E-state index is -0.539. The molecule has 0 aliphatic heterocycles. The third-order valence-corrected chi connectivity index (χ3v) is 2.45. The maximum atomic E-state index is 11.3. The molecule has 0 spiro atoms. The van der Waals surface area contributed by atoms with Gasteiger partial charge in [-0.1, -0.05) is 11.6 Å². The van der Waals surface area contributed by atoms with Gasteiger partial charge in [-0.25, -0.2) is 0 Å². The fraction of sp³-hybridized carbons (Fsp3) is 0.364. The fourth-order valence-corrected chi connectivity index (χ4v) is 1.62. The number of hydrogen-bond acceptors (Lipinski definition) is 5. The van der Waals surface area contributed by atoms with Gasteiger partial charge in [-0.2, -0.15) is 0 Å². The second-order valence-electron chi connectivity index (χ2n) is 3.55. The van der Waals surface area contributed by atoms with Crippen LogP contribution in [0.4, 0.5) is 11.4 Å². The lowest BCUT2D eigenvalue weighted by Crippen LogP contribution is -2.27. The molecular weight excluding hydrogens is 260 g/mol. The van der Waals surface area contributed by atoms with Gasteiger partial charge in [-0.3, -0.25) is 14.9 Å². The van der Waals surface area contributed by atoms with E-state index in [9.17, 15) is 14.9 Å². The van der Waals surface area contributed by atoms with Crippen LogP contribution in [0.25, 0.3) is 0 Å². The molecule has 6 nitrogen and oxygen atoms in total. The van der Waals surface area contributed by atoms with Gasteiger partial charge in [0.2, 0.25) is 0 Å². The Bertz CT molecular complexity index is 464. The fourth-order valence-electron chi connectivity index (χ4n) is 1.45. The number of hydrogen-bond donors (Lipinski definition) is 0. The Morgan fingerprint density at radius 3 is 2.78 bits per heavy atom. The summed E-state index contributed by atoms with van der Waals surface area (Å²) in [6.07, 6.45) is 0. The summed E-state index contributed by atoms with van der Waals surface area (Å²) in [6.45, 7) is 1.91. The lowest BCUT2D eigenvalue weighted by atomic mass is 10.2. The zero-order valence-corrected chi connectivity index (χ0v) is 10.8. The second-order valence-corrected chi connectivity index (χ2v) is 3.99. The summed E-state index contributed by atoms with van der Waals surface area (Å²) in [7, 11) is 1.58. The zero-order valence-electron chi connectivity index (χ0n) is 10.1. The molecule has 0 unspecified atom stereocenters. The molecule has 0 bridgehead atoms. The van der Waals surface area contributed by atoms with Crippen molar-refractivity contribution in [3.8, 4) is 0 Å². The predicted molar refractivity (Wildman–Crippen MR) is 68.0 cm³/mol. The van der Waals surface area contributed by atoms with E-state index >= 15 is 0 Å².